The highest BCUT2D eigenvalue weighted by Gasteiger charge is 2.37. The number of hydrogen-bond donors (Lipinski definition) is 1. The van der Waals surface area contributed by atoms with Crippen LogP contribution in [0.1, 0.15) is 59.3 Å². The van der Waals surface area contributed by atoms with Crippen LogP contribution in [0.25, 0.3) is 0 Å². The van der Waals surface area contributed by atoms with Gasteiger partial charge in [-0.2, -0.15) is 0 Å². The highest BCUT2D eigenvalue weighted by molar-refractivity contribution is 4.93. The average molecular weight is 278 g/mol. The van der Waals surface area contributed by atoms with E-state index in [1.54, 1.807) is 0 Å². The standard InChI is InChI=1S/C18H34N2/c1-13(2)10-19-17-9-16(8-15-4-5-15)11-20(12-17)18-6-14(3)7-18/h13-19H,4-12H2,1-3H3. The molecule has 1 saturated heterocycles. The van der Waals surface area contributed by atoms with E-state index in [0.29, 0.717) is 0 Å². The van der Waals surface area contributed by atoms with Crippen LogP contribution in [0.5, 0.6) is 0 Å². The molecular weight excluding hydrogens is 244 g/mol. The summed E-state index contributed by atoms with van der Waals surface area (Å²) < 4.78 is 0. The van der Waals surface area contributed by atoms with Gasteiger partial charge in [0.25, 0.3) is 0 Å². The molecule has 2 heteroatoms. The van der Waals surface area contributed by atoms with Gasteiger partial charge in [0, 0.05) is 25.2 Å². The van der Waals surface area contributed by atoms with Gasteiger partial charge in [0.2, 0.25) is 0 Å². The molecule has 0 bridgehead atoms. The molecule has 116 valence electrons. The van der Waals surface area contributed by atoms with E-state index < -0.39 is 0 Å². The van der Waals surface area contributed by atoms with E-state index in [2.05, 4.69) is 31.0 Å². The van der Waals surface area contributed by atoms with E-state index in [1.165, 1.54) is 58.2 Å². The molecule has 2 nitrogen and oxygen atoms in total. The molecule has 1 N–H and O–H groups in total. The SMILES string of the molecule is CC(C)CNC1CC(CC2CC2)CN(C2CC(C)C2)C1. The normalized spacial score (nSPS) is 39.0. The van der Waals surface area contributed by atoms with Gasteiger partial charge in [0.15, 0.2) is 0 Å². The zero-order valence-corrected chi connectivity index (χ0v) is 13.8. The van der Waals surface area contributed by atoms with Gasteiger partial charge in [-0.25, -0.2) is 0 Å². The van der Waals surface area contributed by atoms with E-state index >= 15 is 0 Å². The molecule has 0 aromatic heterocycles. The van der Waals surface area contributed by atoms with Crippen LogP contribution in [0.2, 0.25) is 0 Å². The Labute approximate surface area is 125 Å². The van der Waals surface area contributed by atoms with Gasteiger partial charge < -0.3 is 5.32 Å². The average Bonchev–Trinajstić information content (AvgIpc) is 3.16. The van der Waals surface area contributed by atoms with Crippen LogP contribution in [0.4, 0.5) is 0 Å². The maximum atomic E-state index is 3.85. The number of rotatable bonds is 6. The summed E-state index contributed by atoms with van der Waals surface area (Å²) in [7, 11) is 0. The third-order valence-electron chi connectivity index (χ3n) is 5.61. The second-order valence-corrected chi connectivity index (χ2v) is 8.46. The summed E-state index contributed by atoms with van der Waals surface area (Å²) in [6.07, 6.45) is 8.88. The van der Waals surface area contributed by atoms with Crippen molar-refractivity contribution in [1.29, 1.82) is 0 Å². The van der Waals surface area contributed by atoms with Crippen molar-refractivity contribution in [2.24, 2.45) is 23.7 Å². The van der Waals surface area contributed by atoms with Gasteiger partial charge in [-0.1, -0.05) is 33.6 Å². The van der Waals surface area contributed by atoms with Gasteiger partial charge in [-0.15, -0.1) is 0 Å². The highest BCUT2D eigenvalue weighted by atomic mass is 15.2. The first-order valence-corrected chi connectivity index (χ1v) is 9.07. The van der Waals surface area contributed by atoms with Crippen LogP contribution in [0.15, 0.2) is 0 Å². The topological polar surface area (TPSA) is 15.3 Å². The number of piperidine rings is 1. The van der Waals surface area contributed by atoms with E-state index in [4.69, 9.17) is 0 Å². The Hall–Kier alpha value is -0.0800. The molecule has 0 amide bonds. The lowest BCUT2D eigenvalue weighted by molar-refractivity contribution is 0.0303. The first-order chi connectivity index (χ1) is 9.60. The van der Waals surface area contributed by atoms with Crippen molar-refractivity contribution >= 4 is 0 Å². The molecule has 3 rings (SSSR count). The lowest BCUT2D eigenvalue weighted by Gasteiger charge is -2.48. The van der Waals surface area contributed by atoms with Crippen LogP contribution in [-0.4, -0.2) is 36.6 Å². The molecule has 3 aliphatic rings. The van der Waals surface area contributed by atoms with E-state index in [-0.39, 0.29) is 0 Å². The number of likely N-dealkylation sites (tertiary alicyclic amines) is 1. The van der Waals surface area contributed by atoms with Crippen LogP contribution >= 0.6 is 0 Å². The van der Waals surface area contributed by atoms with Crippen molar-refractivity contribution in [1.82, 2.24) is 10.2 Å². The molecule has 0 aromatic rings. The zero-order chi connectivity index (χ0) is 14.1. The monoisotopic (exact) mass is 278 g/mol. The molecule has 2 atom stereocenters. The molecule has 0 spiro atoms. The molecule has 20 heavy (non-hydrogen) atoms. The summed E-state index contributed by atoms with van der Waals surface area (Å²) in [6.45, 7) is 11.0. The first-order valence-electron chi connectivity index (χ1n) is 9.07. The summed E-state index contributed by atoms with van der Waals surface area (Å²) in [5.41, 5.74) is 0. The van der Waals surface area contributed by atoms with Crippen LogP contribution in [-0.2, 0) is 0 Å². The smallest absolute Gasteiger partial charge is 0.0198 e. The van der Waals surface area contributed by atoms with Gasteiger partial charge in [-0.3, -0.25) is 4.90 Å². The molecule has 2 unspecified atom stereocenters. The minimum absolute atomic E-state index is 0.755. The van der Waals surface area contributed by atoms with E-state index in [9.17, 15) is 0 Å². The molecule has 0 radical (unpaired) electrons. The fraction of sp³-hybridized carbons (Fsp3) is 1.00. The molecule has 2 aliphatic carbocycles. The molecule has 1 aliphatic heterocycles. The fourth-order valence-corrected chi connectivity index (χ4v) is 4.24. The fourth-order valence-electron chi connectivity index (χ4n) is 4.24. The van der Waals surface area contributed by atoms with Crippen LogP contribution in [0.3, 0.4) is 0 Å². The van der Waals surface area contributed by atoms with Crippen molar-refractivity contribution in [3.63, 3.8) is 0 Å². The predicted octanol–water partition coefficient (Wildman–Crippen LogP) is 3.52. The first kappa shape index (κ1) is 14.8. The largest absolute Gasteiger partial charge is 0.312 e. The van der Waals surface area contributed by atoms with E-state index in [0.717, 1.165) is 35.8 Å². The maximum Gasteiger partial charge on any atom is 0.0198 e. The number of nitrogens with one attached hydrogen (secondary N) is 1. The maximum absolute atomic E-state index is 3.85. The second kappa shape index (κ2) is 6.36. The highest BCUT2D eigenvalue weighted by Crippen LogP contribution is 2.40. The molecular formula is C18H34N2. The summed E-state index contributed by atoms with van der Waals surface area (Å²) in [5.74, 6) is 3.81. The Morgan fingerprint density at radius 2 is 1.80 bits per heavy atom. The summed E-state index contributed by atoms with van der Waals surface area (Å²) in [6, 6.07) is 1.67. The van der Waals surface area contributed by atoms with Gasteiger partial charge in [-0.05, 0) is 55.9 Å². The molecule has 1 heterocycles. The van der Waals surface area contributed by atoms with Crippen molar-refractivity contribution in [2.75, 3.05) is 19.6 Å². The van der Waals surface area contributed by atoms with Crippen molar-refractivity contribution in [2.45, 2.75) is 71.4 Å². The minimum Gasteiger partial charge on any atom is -0.312 e. The van der Waals surface area contributed by atoms with E-state index in [1.807, 2.05) is 0 Å². The summed E-state index contributed by atoms with van der Waals surface area (Å²) in [5, 5.41) is 3.85. The third kappa shape index (κ3) is 3.98. The molecule has 3 fully saturated rings. The Bertz CT molecular complexity index is 305. The minimum atomic E-state index is 0.755. The van der Waals surface area contributed by atoms with Crippen LogP contribution in [0, 0.1) is 23.7 Å². The van der Waals surface area contributed by atoms with Gasteiger partial charge in [0.05, 0.1) is 0 Å². The Morgan fingerprint density at radius 1 is 1.05 bits per heavy atom. The van der Waals surface area contributed by atoms with Crippen LogP contribution < -0.4 is 5.32 Å². The predicted molar refractivity (Wildman–Crippen MR) is 85.8 cm³/mol. The van der Waals surface area contributed by atoms with Gasteiger partial charge >= 0.3 is 0 Å². The van der Waals surface area contributed by atoms with Gasteiger partial charge in [0.1, 0.15) is 0 Å². The molecule has 0 aromatic carbocycles. The number of nitrogens with zero attached hydrogens (tertiary/aromatic N) is 1. The third-order valence-corrected chi connectivity index (χ3v) is 5.61. The Morgan fingerprint density at radius 3 is 2.40 bits per heavy atom. The summed E-state index contributed by atoms with van der Waals surface area (Å²) >= 11 is 0. The zero-order valence-electron chi connectivity index (χ0n) is 13.8. The second-order valence-electron chi connectivity index (χ2n) is 8.46. The lowest BCUT2D eigenvalue weighted by atomic mass is 9.78. The quantitative estimate of drug-likeness (QED) is 0.800. The summed E-state index contributed by atoms with van der Waals surface area (Å²) in [4.78, 5) is 2.84. The number of hydrogen-bond acceptors (Lipinski definition) is 2. The molecule has 2 saturated carbocycles. The van der Waals surface area contributed by atoms with Crippen molar-refractivity contribution < 1.29 is 0 Å². The Kier molecular flexibility index (Phi) is 4.72. The van der Waals surface area contributed by atoms with Crippen molar-refractivity contribution in [3.8, 4) is 0 Å². The van der Waals surface area contributed by atoms with Crippen molar-refractivity contribution in [3.05, 3.63) is 0 Å². The lowest BCUT2D eigenvalue weighted by Crippen LogP contribution is -2.56. The Balaban J connectivity index is 1.53.